The predicted octanol–water partition coefficient (Wildman–Crippen LogP) is 1.28. The number of rotatable bonds is 6. The number of hydrogen-bond donors (Lipinski definition) is 1. The van der Waals surface area contributed by atoms with E-state index in [4.69, 9.17) is 9.63 Å². The van der Waals surface area contributed by atoms with Crippen LogP contribution in [0.2, 0.25) is 0 Å². The van der Waals surface area contributed by atoms with E-state index < -0.39 is 0 Å². The summed E-state index contributed by atoms with van der Waals surface area (Å²) in [6.45, 7) is 6.48. The molecule has 1 aromatic heterocycles. The van der Waals surface area contributed by atoms with Gasteiger partial charge in [0.1, 0.15) is 0 Å². The fourth-order valence-electron chi connectivity index (χ4n) is 2.02. The first-order valence-electron chi connectivity index (χ1n) is 7.15. The van der Waals surface area contributed by atoms with Crippen molar-refractivity contribution in [3.8, 4) is 0 Å². The molecule has 0 unspecified atom stereocenters. The van der Waals surface area contributed by atoms with E-state index in [2.05, 4.69) is 10.1 Å². The van der Waals surface area contributed by atoms with E-state index in [0.717, 1.165) is 12.8 Å². The van der Waals surface area contributed by atoms with Crippen LogP contribution in [-0.2, 0) is 16.6 Å². The van der Waals surface area contributed by atoms with Crippen LogP contribution in [0.15, 0.2) is 4.52 Å². The van der Waals surface area contributed by atoms with Crippen molar-refractivity contribution in [1.82, 2.24) is 15.0 Å². The zero-order valence-electron chi connectivity index (χ0n) is 12.4. The molecule has 0 bridgehead atoms. The number of amides is 1. The Morgan fingerprint density at radius 3 is 2.65 bits per heavy atom. The van der Waals surface area contributed by atoms with Crippen LogP contribution in [-0.4, -0.2) is 45.2 Å². The zero-order valence-corrected chi connectivity index (χ0v) is 12.4. The van der Waals surface area contributed by atoms with Crippen molar-refractivity contribution in [3.05, 3.63) is 11.7 Å². The van der Waals surface area contributed by atoms with Gasteiger partial charge in [-0.05, 0) is 12.8 Å². The average molecular weight is 281 g/mol. The highest BCUT2D eigenvalue weighted by atomic mass is 16.5. The molecule has 1 saturated carbocycles. The Balaban J connectivity index is 1.87. The summed E-state index contributed by atoms with van der Waals surface area (Å²) < 4.78 is 5.18. The third kappa shape index (κ3) is 3.79. The molecule has 112 valence electrons. The van der Waals surface area contributed by atoms with Gasteiger partial charge in [0.15, 0.2) is 5.82 Å². The second kappa shape index (κ2) is 5.91. The van der Waals surface area contributed by atoms with E-state index in [-0.39, 0.29) is 17.9 Å². The normalized spacial score (nSPS) is 15.4. The fourth-order valence-corrected chi connectivity index (χ4v) is 2.02. The van der Waals surface area contributed by atoms with E-state index in [1.807, 2.05) is 20.8 Å². The first-order chi connectivity index (χ1) is 9.41. The molecule has 6 nitrogen and oxygen atoms in total. The number of hydrogen-bond acceptors (Lipinski definition) is 5. The fraction of sp³-hybridized carbons (Fsp3) is 0.786. The van der Waals surface area contributed by atoms with Gasteiger partial charge in [-0.15, -0.1) is 0 Å². The molecule has 6 heteroatoms. The van der Waals surface area contributed by atoms with Gasteiger partial charge in [-0.25, -0.2) is 0 Å². The maximum Gasteiger partial charge on any atom is 0.227 e. The van der Waals surface area contributed by atoms with Crippen LogP contribution in [0.5, 0.6) is 0 Å². The van der Waals surface area contributed by atoms with Gasteiger partial charge >= 0.3 is 0 Å². The van der Waals surface area contributed by atoms with Crippen LogP contribution in [0, 0.1) is 0 Å². The van der Waals surface area contributed by atoms with Gasteiger partial charge in [-0.1, -0.05) is 25.9 Å². The second-order valence-corrected chi connectivity index (χ2v) is 6.30. The first kappa shape index (κ1) is 15.0. The molecule has 20 heavy (non-hydrogen) atoms. The largest absolute Gasteiger partial charge is 0.395 e. The van der Waals surface area contributed by atoms with Crippen LogP contribution in [0.25, 0.3) is 0 Å². The smallest absolute Gasteiger partial charge is 0.227 e. The minimum Gasteiger partial charge on any atom is -0.395 e. The maximum absolute atomic E-state index is 12.1. The number of aromatic nitrogens is 2. The summed E-state index contributed by atoms with van der Waals surface area (Å²) in [7, 11) is 0. The number of aryl methyl sites for hydroxylation is 1. The standard InChI is InChI=1S/C14H23N3O3/c1-14(2,3)13-15-11(20-16-13)6-7-12(19)17(8-9-18)10-4-5-10/h10,18H,4-9H2,1-3H3. The molecule has 2 rings (SSSR count). The highest BCUT2D eigenvalue weighted by Crippen LogP contribution is 2.27. The van der Waals surface area contributed by atoms with Crippen LogP contribution >= 0.6 is 0 Å². The van der Waals surface area contributed by atoms with Crippen molar-refractivity contribution in [2.24, 2.45) is 0 Å². The van der Waals surface area contributed by atoms with Crippen molar-refractivity contribution in [3.63, 3.8) is 0 Å². The molecular formula is C14H23N3O3. The van der Waals surface area contributed by atoms with Crippen molar-refractivity contribution in [1.29, 1.82) is 0 Å². The molecule has 0 aliphatic heterocycles. The van der Waals surface area contributed by atoms with E-state index in [1.54, 1.807) is 4.90 Å². The molecule has 0 spiro atoms. The van der Waals surface area contributed by atoms with Gasteiger partial charge in [0, 0.05) is 30.8 Å². The molecule has 1 heterocycles. The molecule has 0 atom stereocenters. The minimum absolute atomic E-state index is 0.0109. The average Bonchev–Trinajstić information content (AvgIpc) is 3.08. The van der Waals surface area contributed by atoms with Gasteiger partial charge in [0.25, 0.3) is 0 Å². The Morgan fingerprint density at radius 2 is 2.15 bits per heavy atom. The van der Waals surface area contributed by atoms with E-state index in [0.29, 0.717) is 37.1 Å². The molecule has 1 amide bonds. The quantitative estimate of drug-likeness (QED) is 0.849. The number of carbonyl (C=O) groups is 1. The van der Waals surface area contributed by atoms with E-state index >= 15 is 0 Å². The van der Waals surface area contributed by atoms with Crippen molar-refractivity contribution >= 4 is 5.91 Å². The van der Waals surface area contributed by atoms with Crippen molar-refractivity contribution in [2.45, 2.75) is 57.9 Å². The molecule has 0 saturated heterocycles. The van der Waals surface area contributed by atoms with Gasteiger partial charge in [-0.3, -0.25) is 4.79 Å². The van der Waals surface area contributed by atoms with Crippen LogP contribution in [0.4, 0.5) is 0 Å². The summed E-state index contributed by atoms with van der Waals surface area (Å²) in [5.41, 5.74) is -0.150. The lowest BCUT2D eigenvalue weighted by atomic mass is 9.96. The Labute approximate surface area is 119 Å². The summed E-state index contributed by atoms with van der Waals surface area (Å²) in [5, 5.41) is 12.9. The van der Waals surface area contributed by atoms with E-state index in [1.165, 1.54) is 0 Å². The van der Waals surface area contributed by atoms with Crippen molar-refractivity contribution < 1.29 is 14.4 Å². The Bertz CT molecular complexity index is 460. The number of aliphatic hydroxyl groups is 1. The lowest BCUT2D eigenvalue weighted by Crippen LogP contribution is -2.35. The van der Waals surface area contributed by atoms with Crippen LogP contribution in [0.3, 0.4) is 0 Å². The molecule has 1 aliphatic rings. The summed E-state index contributed by atoms with van der Waals surface area (Å²) in [4.78, 5) is 18.2. The topological polar surface area (TPSA) is 79.5 Å². The number of nitrogens with zero attached hydrogens (tertiary/aromatic N) is 3. The zero-order chi connectivity index (χ0) is 14.8. The van der Waals surface area contributed by atoms with Gasteiger partial charge in [0.2, 0.25) is 11.8 Å². The monoisotopic (exact) mass is 281 g/mol. The lowest BCUT2D eigenvalue weighted by molar-refractivity contribution is -0.132. The third-order valence-electron chi connectivity index (χ3n) is 3.34. The van der Waals surface area contributed by atoms with Crippen LogP contribution in [0.1, 0.15) is 51.7 Å². The Morgan fingerprint density at radius 1 is 1.45 bits per heavy atom. The highest BCUT2D eigenvalue weighted by molar-refractivity contribution is 5.77. The summed E-state index contributed by atoms with van der Waals surface area (Å²) in [6, 6.07) is 0.322. The number of carbonyl (C=O) groups excluding carboxylic acids is 1. The lowest BCUT2D eigenvalue weighted by Gasteiger charge is -2.20. The summed E-state index contributed by atoms with van der Waals surface area (Å²) in [6.07, 6.45) is 2.89. The number of aliphatic hydroxyl groups excluding tert-OH is 1. The SMILES string of the molecule is CC(C)(C)c1noc(CCC(=O)N(CCO)C2CC2)n1. The third-order valence-corrected chi connectivity index (χ3v) is 3.34. The molecule has 1 aliphatic carbocycles. The van der Waals surface area contributed by atoms with E-state index in [9.17, 15) is 4.79 Å². The van der Waals surface area contributed by atoms with Gasteiger partial charge < -0.3 is 14.5 Å². The molecule has 1 N–H and O–H groups in total. The molecule has 0 aromatic carbocycles. The van der Waals surface area contributed by atoms with Crippen LogP contribution < -0.4 is 0 Å². The highest BCUT2D eigenvalue weighted by Gasteiger charge is 2.32. The Hall–Kier alpha value is -1.43. The van der Waals surface area contributed by atoms with Gasteiger partial charge in [0.05, 0.1) is 6.61 Å². The predicted molar refractivity (Wildman–Crippen MR) is 73.1 cm³/mol. The second-order valence-electron chi connectivity index (χ2n) is 6.30. The molecule has 1 aromatic rings. The van der Waals surface area contributed by atoms with Crippen molar-refractivity contribution in [2.75, 3.05) is 13.2 Å². The maximum atomic E-state index is 12.1. The molecule has 1 fully saturated rings. The van der Waals surface area contributed by atoms with Gasteiger partial charge in [-0.2, -0.15) is 4.98 Å². The molecule has 0 radical (unpaired) electrons. The summed E-state index contributed by atoms with van der Waals surface area (Å²) >= 11 is 0. The first-order valence-corrected chi connectivity index (χ1v) is 7.15. The molecular weight excluding hydrogens is 258 g/mol. The Kier molecular flexibility index (Phi) is 4.42. The summed E-state index contributed by atoms with van der Waals surface area (Å²) in [5.74, 6) is 1.22. The minimum atomic E-state index is -0.150.